The van der Waals surface area contributed by atoms with Crippen LogP contribution in [0, 0.1) is 5.41 Å². The summed E-state index contributed by atoms with van der Waals surface area (Å²) >= 11 is 0. The highest BCUT2D eigenvalue weighted by Crippen LogP contribution is 2.18. The summed E-state index contributed by atoms with van der Waals surface area (Å²) < 4.78 is 0. The smallest absolute Gasteiger partial charge is 0.315 e. The molecule has 3 amide bonds. The first-order valence-electron chi connectivity index (χ1n) is 5.22. The number of rotatable bonds is 4. The molecular formula is C10H19N3O2. The van der Waals surface area contributed by atoms with Crippen LogP contribution < -0.4 is 16.0 Å². The molecule has 0 bridgehead atoms. The van der Waals surface area contributed by atoms with E-state index in [2.05, 4.69) is 16.0 Å². The number of amides is 3. The second-order valence-electron chi connectivity index (χ2n) is 4.56. The Balaban J connectivity index is 2.27. The highest BCUT2D eigenvalue weighted by atomic mass is 16.2. The van der Waals surface area contributed by atoms with E-state index < -0.39 is 5.41 Å². The van der Waals surface area contributed by atoms with Crippen molar-refractivity contribution in [3.63, 3.8) is 0 Å². The molecule has 0 spiro atoms. The van der Waals surface area contributed by atoms with Crippen molar-refractivity contribution in [3.05, 3.63) is 0 Å². The fourth-order valence-corrected chi connectivity index (χ4v) is 1.18. The summed E-state index contributed by atoms with van der Waals surface area (Å²) in [7, 11) is 1.59. The van der Waals surface area contributed by atoms with E-state index in [0.29, 0.717) is 12.6 Å². The van der Waals surface area contributed by atoms with Crippen LogP contribution in [0.25, 0.3) is 0 Å². The van der Waals surface area contributed by atoms with E-state index >= 15 is 0 Å². The van der Waals surface area contributed by atoms with Crippen molar-refractivity contribution in [3.8, 4) is 0 Å². The molecule has 0 atom stereocenters. The van der Waals surface area contributed by atoms with Crippen LogP contribution in [0.15, 0.2) is 0 Å². The first-order valence-corrected chi connectivity index (χ1v) is 5.22. The van der Waals surface area contributed by atoms with Crippen LogP contribution in [0.4, 0.5) is 4.79 Å². The Bertz CT molecular complexity index is 259. The van der Waals surface area contributed by atoms with Gasteiger partial charge in [-0.2, -0.15) is 0 Å². The van der Waals surface area contributed by atoms with Gasteiger partial charge in [0.1, 0.15) is 0 Å². The van der Waals surface area contributed by atoms with Gasteiger partial charge in [0.2, 0.25) is 5.91 Å². The number of urea groups is 1. The Labute approximate surface area is 90.0 Å². The van der Waals surface area contributed by atoms with Gasteiger partial charge in [-0.3, -0.25) is 4.79 Å². The second kappa shape index (κ2) is 4.51. The Hall–Kier alpha value is -1.26. The minimum absolute atomic E-state index is 0.0748. The molecule has 1 aliphatic rings. The van der Waals surface area contributed by atoms with Crippen molar-refractivity contribution in [2.45, 2.75) is 32.7 Å². The first-order chi connectivity index (χ1) is 6.95. The van der Waals surface area contributed by atoms with Gasteiger partial charge in [0.25, 0.3) is 0 Å². The fraction of sp³-hybridized carbons (Fsp3) is 0.800. The maximum atomic E-state index is 11.4. The standard InChI is InChI=1S/C10H19N3O2/c1-10(2,8(14)11-3)6-12-9(15)13-7-4-5-7/h7H,4-6H2,1-3H3,(H,11,14)(H2,12,13,15). The normalized spacial score (nSPS) is 15.7. The third-order valence-corrected chi connectivity index (χ3v) is 2.45. The van der Waals surface area contributed by atoms with Gasteiger partial charge in [-0.15, -0.1) is 0 Å². The molecule has 0 aromatic carbocycles. The van der Waals surface area contributed by atoms with Crippen molar-refractivity contribution in [1.82, 2.24) is 16.0 Å². The highest BCUT2D eigenvalue weighted by Gasteiger charge is 2.28. The van der Waals surface area contributed by atoms with Crippen LogP contribution in [-0.2, 0) is 4.79 Å². The minimum atomic E-state index is -0.574. The van der Waals surface area contributed by atoms with E-state index in [4.69, 9.17) is 0 Å². The first kappa shape index (κ1) is 11.8. The monoisotopic (exact) mass is 213 g/mol. The molecule has 5 heteroatoms. The maximum Gasteiger partial charge on any atom is 0.315 e. The van der Waals surface area contributed by atoms with Gasteiger partial charge in [0.15, 0.2) is 0 Å². The van der Waals surface area contributed by atoms with Gasteiger partial charge in [0.05, 0.1) is 5.41 Å². The topological polar surface area (TPSA) is 70.2 Å². The zero-order valence-corrected chi connectivity index (χ0v) is 9.52. The lowest BCUT2D eigenvalue weighted by Gasteiger charge is -2.22. The van der Waals surface area contributed by atoms with Crippen molar-refractivity contribution >= 4 is 11.9 Å². The average Bonchev–Trinajstić information content (AvgIpc) is 2.97. The third kappa shape index (κ3) is 3.77. The molecule has 0 aromatic rings. The van der Waals surface area contributed by atoms with Gasteiger partial charge >= 0.3 is 6.03 Å². The lowest BCUT2D eigenvalue weighted by atomic mass is 9.92. The Kier molecular flexibility index (Phi) is 3.55. The molecule has 0 saturated heterocycles. The quantitative estimate of drug-likeness (QED) is 0.625. The molecule has 5 nitrogen and oxygen atoms in total. The van der Waals surface area contributed by atoms with E-state index in [1.54, 1.807) is 20.9 Å². The summed E-state index contributed by atoms with van der Waals surface area (Å²) in [4.78, 5) is 22.7. The van der Waals surface area contributed by atoms with Crippen molar-refractivity contribution in [2.75, 3.05) is 13.6 Å². The summed E-state index contributed by atoms with van der Waals surface area (Å²) in [6.07, 6.45) is 2.12. The number of carbonyl (C=O) groups excluding carboxylic acids is 2. The molecule has 3 N–H and O–H groups in total. The predicted octanol–water partition coefficient (Wildman–Crippen LogP) is 0.220. The highest BCUT2D eigenvalue weighted by molar-refractivity contribution is 5.83. The SMILES string of the molecule is CNC(=O)C(C)(C)CNC(=O)NC1CC1. The van der Waals surface area contributed by atoms with E-state index in [1.165, 1.54) is 0 Å². The molecule has 1 rings (SSSR count). The number of carbonyl (C=O) groups is 2. The van der Waals surface area contributed by atoms with Crippen molar-refractivity contribution in [1.29, 1.82) is 0 Å². The predicted molar refractivity (Wildman–Crippen MR) is 57.4 cm³/mol. The van der Waals surface area contributed by atoms with Crippen molar-refractivity contribution < 1.29 is 9.59 Å². The molecule has 15 heavy (non-hydrogen) atoms. The van der Waals surface area contributed by atoms with Crippen LogP contribution in [-0.4, -0.2) is 31.6 Å². The van der Waals surface area contributed by atoms with Crippen LogP contribution in [0.2, 0.25) is 0 Å². The van der Waals surface area contributed by atoms with Gasteiger partial charge < -0.3 is 16.0 Å². The number of hydrogen-bond donors (Lipinski definition) is 3. The molecule has 1 aliphatic carbocycles. The lowest BCUT2D eigenvalue weighted by Crippen LogP contribution is -2.46. The Morgan fingerprint density at radius 2 is 1.93 bits per heavy atom. The zero-order valence-electron chi connectivity index (χ0n) is 9.52. The van der Waals surface area contributed by atoms with Gasteiger partial charge in [-0.05, 0) is 26.7 Å². The molecule has 1 saturated carbocycles. The number of hydrogen-bond acceptors (Lipinski definition) is 2. The summed E-state index contributed by atoms with van der Waals surface area (Å²) in [5.74, 6) is -0.0748. The average molecular weight is 213 g/mol. The van der Waals surface area contributed by atoms with Gasteiger partial charge in [0, 0.05) is 19.6 Å². The summed E-state index contributed by atoms with van der Waals surface area (Å²) in [5, 5.41) is 8.07. The number of nitrogens with one attached hydrogen (secondary N) is 3. The van der Waals surface area contributed by atoms with Crippen LogP contribution in [0.3, 0.4) is 0 Å². The van der Waals surface area contributed by atoms with Crippen LogP contribution in [0.5, 0.6) is 0 Å². The fourth-order valence-electron chi connectivity index (χ4n) is 1.18. The van der Waals surface area contributed by atoms with E-state index in [0.717, 1.165) is 12.8 Å². The van der Waals surface area contributed by atoms with Gasteiger partial charge in [-0.1, -0.05) is 0 Å². The lowest BCUT2D eigenvalue weighted by molar-refractivity contribution is -0.128. The summed E-state index contributed by atoms with van der Waals surface area (Å²) in [6, 6.07) is 0.155. The third-order valence-electron chi connectivity index (χ3n) is 2.45. The molecule has 0 aliphatic heterocycles. The Morgan fingerprint density at radius 3 is 2.40 bits per heavy atom. The zero-order chi connectivity index (χ0) is 11.5. The largest absolute Gasteiger partial charge is 0.359 e. The van der Waals surface area contributed by atoms with Gasteiger partial charge in [-0.25, -0.2) is 4.79 Å². The van der Waals surface area contributed by atoms with Crippen molar-refractivity contribution in [2.24, 2.45) is 5.41 Å². The molecule has 0 aromatic heterocycles. The van der Waals surface area contributed by atoms with E-state index in [1.807, 2.05) is 0 Å². The summed E-state index contributed by atoms with van der Waals surface area (Å²) in [6.45, 7) is 3.93. The molecule has 1 fully saturated rings. The Morgan fingerprint density at radius 1 is 1.33 bits per heavy atom. The molecule has 0 heterocycles. The molecule has 0 radical (unpaired) electrons. The van der Waals surface area contributed by atoms with E-state index in [-0.39, 0.29) is 11.9 Å². The second-order valence-corrected chi connectivity index (χ2v) is 4.56. The molecular weight excluding hydrogens is 194 g/mol. The molecule has 86 valence electrons. The molecule has 0 unspecified atom stereocenters. The van der Waals surface area contributed by atoms with Crippen LogP contribution >= 0.6 is 0 Å². The van der Waals surface area contributed by atoms with E-state index in [9.17, 15) is 9.59 Å². The summed E-state index contributed by atoms with van der Waals surface area (Å²) in [5.41, 5.74) is -0.574. The van der Waals surface area contributed by atoms with Crippen LogP contribution in [0.1, 0.15) is 26.7 Å². The maximum absolute atomic E-state index is 11.4. The minimum Gasteiger partial charge on any atom is -0.359 e.